The molecule has 18 nitrogen and oxygen atoms in total. The molecule has 6 amide bonds. The van der Waals surface area contributed by atoms with Gasteiger partial charge in [0, 0.05) is 0 Å². The maximum absolute atomic E-state index is 13.4. The van der Waals surface area contributed by atoms with Crippen molar-refractivity contribution in [3.05, 3.63) is 0 Å². The van der Waals surface area contributed by atoms with Crippen LogP contribution in [-0.2, 0) is 38.4 Å². The van der Waals surface area contributed by atoms with E-state index in [2.05, 4.69) is 31.9 Å². The fourth-order valence-corrected chi connectivity index (χ4v) is 4.81. The van der Waals surface area contributed by atoms with Crippen molar-refractivity contribution in [2.45, 2.75) is 124 Å². The Morgan fingerprint density at radius 3 is 1.37 bits per heavy atom. The summed E-state index contributed by atoms with van der Waals surface area (Å²) in [4.78, 5) is 101. The lowest BCUT2D eigenvalue weighted by molar-refractivity contribution is -0.143. The van der Waals surface area contributed by atoms with Crippen LogP contribution in [0.2, 0.25) is 0 Å². The van der Waals surface area contributed by atoms with E-state index in [1.54, 1.807) is 34.6 Å². The second-order valence-electron chi connectivity index (χ2n) is 14.0. The molecule has 0 saturated heterocycles. The lowest BCUT2D eigenvalue weighted by Gasteiger charge is -2.27. The average Bonchev–Trinajstić information content (AvgIpc) is 3.02. The summed E-state index contributed by atoms with van der Waals surface area (Å²) in [5.74, 6) is -8.30. The minimum absolute atomic E-state index is 0.0581. The monoisotopic (exact) mass is 729 g/mol. The van der Waals surface area contributed by atoms with Crippen LogP contribution in [0.15, 0.2) is 0 Å². The summed E-state index contributed by atoms with van der Waals surface area (Å²) in [5, 5.41) is 42.3. The molecule has 0 aliphatic carbocycles. The summed E-state index contributed by atoms with van der Waals surface area (Å²) in [6, 6.07) is -7.73. The summed E-state index contributed by atoms with van der Waals surface area (Å²) < 4.78 is 0. The molecule has 11 N–H and O–H groups in total. The SMILES string of the molecule is CC[C@H](C)[C@H](N)C(=O)N[C@@H](CC(C)C)C(=O)N[C@@H](CC(=O)O)C(=O)N[C@@H](CC(C)C)C(=O)NCC(=O)N[C@@H](CC(C)C)C(=O)N[C@@H](CO)C(=O)O. The predicted molar refractivity (Wildman–Crippen MR) is 185 cm³/mol. The van der Waals surface area contributed by atoms with Gasteiger partial charge in [-0.3, -0.25) is 33.6 Å². The highest BCUT2D eigenvalue weighted by Crippen LogP contribution is 2.11. The number of hydrogen-bond acceptors (Lipinski definition) is 10. The number of nitrogens with two attached hydrogens (primary N) is 1. The van der Waals surface area contributed by atoms with Crippen LogP contribution in [0.25, 0.3) is 0 Å². The van der Waals surface area contributed by atoms with Gasteiger partial charge in [0.25, 0.3) is 0 Å². The summed E-state index contributed by atoms with van der Waals surface area (Å²) >= 11 is 0. The number of carbonyl (C=O) groups excluding carboxylic acids is 6. The van der Waals surface area contributed by atoms with Crippen molar-refractivity contribution in [1.29, 1.82) is 0 Å². The number of carbonyl (C=O) groups is 8. The van der Waals surface area contributed by atoms with Gasteiger partial charge in [0.15, 0.2) is 0 Å². The van der Waals surface area contributed by atoms with Crippen LogP contribution in [0.5, 0.6) is 0 Å². The zero-order valence-corrected chi connectivity index (χ0v) is 30.9. The van der Waals surface area contributed by atoms with Crippen molar-refractivity contribution < 1.29 is 53.7 Å². The van der Waals surface area contributed by atoms with E-state index in [-0.39, 0.29) is 42.9 Å². The number of carboxylic acid groups (broad SMARTS) is 2. The summed E-state index contributed by atoms with van der Waals surface area (Å²) in [6.45, 7) is 12.8. The van der Waals surface area contributed by atoms with Crippen LogP contribution in [0.1, 0.15) is 87.5 Å². The molecule has 0 aliphatic heterocycles. The highest BCUT2D eigenvalue weighted by molar-refractivity contribution is 5.97. The van der Waals surface area contributed by atoms with Gasteiger partial charge in [-0.2, -0.15) is 0 Å². The van der Waals surface area contributed by atoms with Gasteiger partial charge in [-0.15, -0.1) is 0 Å². The zero-order valence-electron chi connectivity index (χ0n) is 30.9. The van der Waals surface area contributed by atoms with Crippen LogP contribution in [0, 0.1) is 23.7 Å². The van der Waals surface area contributed by atoms with E-state index in [1.807, 2.05) is 20.8 Å². The molecule has 0 aromatic carbocycles. The lowest BCUT2D eigenvalue weighted by atomic mass is 9.97. The third kappa shape index (κ3) is 18.5. The Balaban J connectivity index is 5.85. The molecule has 0 unspecified atom stereocenters. The molecule has 18 heteroatoms. The largest absolute Gasteiger partial charge is 0.481 e. The minimum Gasteiger partial charge on any atom is -0.481 e. The number of rotatable bonds is 24. The van der Waals surface area contributed by atoms with Gasteiger partial charge in [-0.1, -0.05) is 61.8 Å². The third-order valence-electron chi connectivity index (χ3n) is 7.83. The molecule has 7 atom stereocenters. The average molecular weight is 730 g/mol. The van der Waals surface area contributed by atoms with E-state index < -0.39 is 103 Å². The maximum atomic E-state index is 13.4. The smallest absolute Gasteiger partial charge is 0.328 e. The molecular formula is C33H59N7O11. The molecule has 0 aliphatic rings. The normalized spacial score (nSPS) is 15.4. The molecule has 0 fully saturated rings. The second kappa shape index (κ2) is 23.2. The second-order valence-corrected chi connectivity index (χ2v) is 14.0. The fraction of sp³-hybridized carbons (Fsp3) is 0.758. The van der Waals surface area contributed by atoms with Crippen LogP contribution in [0.4, 0.5) is 0 Å². The summed E-state index contributed by atoms with van der Waals surface area (Å²) in [5.41, 5.74) is 6.03. The topological polar surface area (TPSA) is 295 Å². The standard InChI is InChI=1S/C33H59N7O11/c1-9-19(8)27(34)32(49)39-22(12-18(6)7)30(47)38-23(13-26(43)44)31(48)37-20(10-16(2)3)28(45)35-14-25(42)36-21(11-17(4)5)29(46)40-24(15-41)33(50)51/h16-24,27,41H,9-15,34H2,1-8H3,(H,35,45)(H,36,42)(H,37,48)(H,38,47)(H,39,49)(H,40,46)(H,43,44)(H,50,51)/t19-,20-,21-,22-,23-,24-,27-/m0/s1. The van der Waals surface area contributed by atoms with Crippen molar-refractivity contribution in [3.8, 4) is 0 Å². The van der Waals surface area contributed by atoms with E-state index in [4.69, 9.17) is 10.8 Å². The number of aliphatic hydroxyl groups is 1. The highest BCUT2D eigenvalue weighted by atomic mass is 16.4. The van der Waals surface area contributed by atoms with Crippen molar-refractivity contribution >= 4 is 47.4 Å². The Hall–Kier alpha value is -4.32. The number of carboxylic acids is 2. The molecule has 0 radical (unpaired) electrons. The summed E-state index contributed by atoms with van der Waals surface area (Å²) in [7, 11) is 0. The van der Waals surface area contributed by atoms with Gasteiger partial charge in [-0.25, -0.2) is 4.79 Å². The first-order chi connectivity index (χ1) is 23.6. The van der Waals surface area contributed by atoms with E-state index in [1.165, 1.54) is 0 Å². The highest BCUT2D eigenvalue weighted by Gasteiger charge is 2.33. The first kappa shape index (κ1) is 46.7. The van der Waals surface area contributed by atoms with Crippen LogP contribution in [-0.4, -0.2) is 112 Å². The lowest BCUT2D eigenvalue weighted by Crippen LogP contribution is -2.59. The number of nitrogens with one attached hydrogen (secondary N) is 6. The minimum atomic E-state index is -1.64. The van der Waals surface area contributed by atoms with Crippen molar-refractivity contribution in [1.82, 2.24) is 31.9 Å². The van der Waals surface area contributed by atoms with E-state index in [0.717, 1.165) is 0 Å². The molecule has 0 bridgehead atoms. The molecule has 0 heterocycles. The molecule has 0 saturated carbocycles. The number of hydrogen-bond donors (Lipinski definition) is 10. The zero-order chi connectivity index (χ0) is 39.6. The van der Waals surface area contributed by atoms with Crippen LogP contribution >= 0.6 is 0 Å². The number of aliphatic carboxylic acids is 2. The van der Waals surface area contributed by atoms with E-state index in [0.29, 0.717) is 6.42 Å². The number of amides is 6. The maximum Gasteiger partial charge on any atom is 0.328 e. The molecule has 292 valence electrons. The molecule has 51 heavy (non-hydrogen) atoms. The van der Waals surface area contributed by atoms with Gasteiger partial charge in [-0.05, 0) is 42.9 Å². The Bertz CT molecular complexity index is 1210. The quantitative estimate of drug-likeness (QED) is 0.0548. The molecule has 0 rings (SSSR count). The summed E-state index contributed by atoms with van der Waals surface area (Å²) in [6.07, 6.45) is 0.0976. The van der Waals surface area contributed by atoms with Crippen molar-refractivity contribution in [2.75, 3.05) is 13.2 Å². The molecule has 0 aromatic rings. The van der Waals surface area contributed by atoms with Crippen LogP contribution < -0.4 is 37.6 Å². The van der Waals surface area contributed by atoms with E-state index in [9.17, 15) is 48.6 Å². The Kier molecular flexibility index (Phi) is 21.2. The third-order valence-corrected chi connectivity index (χ3v) is 7.83. The van der Waals surface area contributed by atoms with Gasteiger partial charge >= 0.3 is 11.9 Å². The molecular weight excluding hydrogens is 670 g/mol. The van der Waals surface area contributed by atoms with Crippen molar-refractivity contribution in [2.24, 2.45) is 29.4 Å². The molecule has 0 spiro atoms. The first-order valence-electron chi connectivity index (χ1n) is 17.2. The Morgan fingerprint density at radius 1 is 0.569 bits per heavy atom. The first-order valence-corrected chi connectivity index (χ1v) is 17.2. The molecule has 0 aromatic heterocycles. The van der Waals surface area contributed by atoms with Gasteiger partial charge < -0.3 is 53.0 Å². The van der Waals surface area contributed by atoms with Crippen LogP contribution in [0.3, 0.4) is 0 Å². The number of aliphatic hydroxyl groups excluding tert-OH is 1. The predicted octanol–water partition coefficient (Wildman–Crippen LogP) is -1.41. The Labute approximate surface area is 299 Å². The Morgan fingerprint density at radius 2 is 0.961 bits per heavy atom. The van der Waals surface area contributed by atoms with Crippen molar-refractivity contribution in [3.63, 3.8) is 0 Å². The fourth-order valence-electron chi connectivity index (χ4n) is 4.81. The van der Waals surface area contributed by atoms with Gasteiger partial charge in [0.05, 0.1) is 25.6 Å². The van der Waals surface area contributed by atoms with E-state index >= 15 is 0 Å². The van der Waals surface area contributed by atoms with Gasteiger partial charge in [0.2, 0.25) is 35.4 Å². The van der Waals surface area contributed by atoms with Gasteiger partial charge in [0.1, 0.15) is 30.2 Å².